The zero-order valence-corrected chi connectivity index (χ0v) is 11.6. The summed E-state index contributed by atoms with van der Waals surface area (Å²) in [5.41, 5.74) is 7.21. The van der Waals surface area contributed by atoms with Crippen molar-refractivity contribution in [3.8, 4) is 5.69 Å². The molecule has 7 heteroatoms. The maximum absolute atomic E-state index is 12.5. The SMILES string of the molecule is NCC1CCCC1C(=O)Nc1ccccc1-n1cnnn1. The van der Waals surface area contributed by atoms with Crippen LogP contribution in [0.3, 0.4) is 0 Å². The van der Waals surface area contributed by atoms with Crippen LogP contribution in [-0.2, 0) is 4.79 Å². The number of nitrogens with one attached hydrogen (secondary N) is 1. The summed E-state index contributed by atoms with van der Waals surface area (Å²) in [5, 5.41) is 14.1. The van der Waals surface area contributed by atoms with E-state index in [0.717, 1.165) is 24.9 Å². The number of hydrogen-bond donors (Lipinski definition) is 2. The van der Waals surface area contributed by atoms with Crippen LogP contribution in [0.2, 0.25) is 0 Å². The first-order valence-corrected chi connectivity index (χ1v) is 7.13. The summed E-state index contributed by atoms with van der Waals surface area (Å²) in [6, 6.07) is 7.46. The van der Waals surface area contributed by atoms with Gasteiger partial charge in [-0.3, -0.25) is 4.79 Å². The van der Waals surface area contributed by atoms with E-state index in [4.69, 9.17) is 5.73 Å². The van der Waals surface area contributed by atoms with E-state index in [0.29, 0.717) is 12.2 Å². The molecule has 1 amide bonds. The molecular weight excluding hydrogens is 268 g/mol. The predicted molar refractivity (Wildman–Crippen MR) is 77.7 cm³/mol. The van der Waals surface area contributed by atoms with Gasteiger partial charge in [0.2, 0.25) is 5.91 Å². The molecule has 0 aliphatic heterocycles. The Morgan fingerprint density at radius 2 is 2.24 bits per heavy atom. The first-order valence-electron chi connectivity index (χ1n) is 7.13. The second-order valence-electron chi connectivity index (χ2n) is 5.29. The van der Waals surface area contributed by atoms with Gasteiger partial charge in [-0.05, 0) is 47.9 Å². The number of nitrogens with two attached hydrogens (primary N) is 1. The van der Waals surface area contributed by atoms with Crippen LogP contribution in [0.15, 0.2) is 30.6 Å². The molecule has 1 heterocycles. The molecular formula is C14H18N6O. The van der Waals surface area contributed by atoms with Gasteiger partial charge < -0.3 is 11.1 Å². The third-order valence-corrected chi connectivity index (χ3v) is 4.06. The average Bonchev–Trinajstić information content (AvgIpc) is 3.19. The predicted octanol–water partition coefficient (Wildman–Crippen LogP) is 0.976. The smallest absolute Gasteiger partial charge is 0.227 e. The van der Waals surface area contributed by atoms with Gasteiger partial charge in [0, 0.05) is 5.92 Å². The van der Waals surface area contributed by atoms with Crippen molar-refractivity contribution in [1.82, 2.24) is 20.2 Å². The van der Waals surface area contributed by atoms with E-state index in [1.165, 1.54) is 11.0 Å². The van der Waals surface area contributed by atoms with Gasteiger partial charge in [0.05, 0.1) is 11.4 Å². The van der Waals surface area contributed by atoms with Crippen LogP contribution in [0.25, 0.3) is 5.69 Å². The van der Waals surface area contributed by atoms with Crippen molar-refractivity contribution in [2.24, 2.45) is 17.6 Å². The zero-order chi connectivity index (χ0) is 14.7. The summed E-state index contributed by atoms with van der Waals surface area (Å²) >= 11 is 0. The standard InChI is InChI=1S/C14H18N6O/c15-8-10-4-3-5-11(10)14(21)17-12-6-1-2-7-13(12)20-9-16-18-19-20/h1-2,6-7,9-11H,3-5,8,15H2,(H,17,21). The fourth-order valence-corrected chi connectivity index (χ4v) is 2.94. The van der Waals surface area contributed by atoms with E-state index in [1.807, 2.05) is 24.3 Å². The van der Waals surface area contributed by atoms with Crippen LogP contribution in [0.1, 0.15) is 19.3 Å². The molecule has 1 aliphatic carbocycles. The van der Waals surface area contributed by atoms with Gasteiger partial charge in [0.1, 0.15) is 6.33 Å². The van der Waals surface area contributed by atoms with E-state index >= 15 is 0 Å². The average molecular weight is 286 g/mol. The van der Waals surface area contributed by atoms with Gasteiger partial charge in [-0.2, -0.15) is 4.68 Å². The number of para-hydroxylation sites is 2. The van der Waals surface area contributed by atoms with Gasteiger partial charge in [-0.15, -0.1) is 5.10 Å². The molecule has 1 aromatic carbocycles. The van der Waals surface area contributed by atoms with Crippen LogP contribution >= 0.6 is 0 Å². The third kappa shape index (κ3) is 2.78. The quantitative estimate of drug-likeness (QED) is 0.872. The Bertz CT molecular complexity index is 612. The first-order chi connectivity index (χ1) is 10.3. The highest BCUT2D eigenvalue weighted by Crippen LogP contribution is 2.32. The van der Waals surface area contributed by atoms with Crippen molar-refractivity contribution >= 4 is 11.6 Å². The molecule has 3 N–H and O–H groups in total. The minimum Gasteiger partial charge on any atom is -0.330 e. The van der Waals surface area contributed by atoms with Crippen LogP contribution < -0.4 is 11.1 Å². The molecule has 0 radical (unpaired) electrons. The Labute approximate surface area is 122 Å². The fraction of sp³-hybridized carbons (Fsp3) is 0.429. The number of anilines is 1. The molecule has 21 heavy (non-hydrogen) atoms. The number of nitrogens with zero attached hydrogens (tertiary/aromatic N) is 4. The lowest BCUT2D eigenvalue weighted by molar-refractivity contribution is -0.120. The van der Waals surface area contributed by atoms with E-state index in [9.17, 15) is 4.79 Å². The monoisotopic (exact) mass is 286 g/mol. The van der Waals surface area contributed by atoms with E-state index in [2.05, 4.69) is 20.8 Å². The number of carbonyl (C=O) groups is 1. The minimum absolute atomic E-state index is 0.00284. The normalized spacial score (nSPS) is 21.4. The molecule has 2 aromatic rings. The van der Waals surface area contributed by atoms with Crippen molar-refractivity contribution in [3.05, 3.63) is 30.6 Å². The van der Waals surface area contributed by atoms with E-state index < -0.39 is 0 Å². The third-order valence-electron chi connectivity index (χ3n) is 4.06. The molecule has 1 aromatic heterocycles. The molecule has 2 unspecified atom stereocenters. The lowest BCUT2D eigenvalue weighted by Gasteiger charge is -2.18. The number of carbonyl (C=O) groups excluding carboxylic acids is 1. The number of benzene rings is 1. The van der Waals surface area contributed by atoms with Crippen LogP contribution in [0.5, 0.6) is 0 Å². The molecule has 0 saturated heterocycles. The summed E-state index contributed by atoms with van der Waals surface area (Å²) < 4.78 is 1.53. The molecule has 3 rings (SSSR count). The molecule has 1 aliphatic rings. The summed E-state index contributed by atoms with van der Waals surface area (Å²) in [6.07, 6.45) is 4.50. The minimum atomic E-state index is -0.00284. The molecule has 110 valence electrons. The zero-order valence-electron chi connectivity index (χ0n) is 11.6. The van der Waals surface area contributed by atoms with Crippen molar-refractivity contribution < 1.29 is 4.79 Å². The Morgan fingerprint density at radius 1 is 1.38 bits per heavy atom. The fourth-order valence-electron chi connectivity index (χ4n) is 2.94. The van der Waals surface area contributed by atoms with Crippen molar-refractivity contribution in [3.63, 3.8) is 0 Å². The van der Waals surface area contributed by atoms with E-state index in [1.54, 1.807) is 0 Å². The molecule has 0 bridgehead atoms. The Morgan fingerprint density at radius 3 is 3.00 bits per heavy atom. The van der Waals surface area contributed by atoms with E-state index in [-0.39, 0.29) is 17.7 Å². The molecule has 1 fully saturated rings. The van der Waals surface area contributed by atoms with Gasteiger partial charge in [-0.1, -0.05) is 18.6 Å². The summed E-state index contributed by atoms with van der Waals surface area (Å²) in [5.74, 6) is 0.311. The number of tetrazole rings is 1. The van der Waals surface area contributed by atoms with Crippen LogP contribution in [0.4, 0.5) is 5.69 Å². The molecule has 2 atom stereocenters. The second kappa shape index (κ2) is 6.01. The van der Waals surface area contributed by atoms with Gasteiger partial charge in [-0.25, -0.2) is 0 Å². The van der Waals surface area contributed by atoms with Gasteiger partial charge in [0.15, 0.2) is 0 Å². The lowest BCUT2D eigenvalue weighted by Crippen LogP contribution is -2.30. The van der Waals surface area contributed by atoms with Crippen molar-refractivity contribution in [2.45, 2.75) is 19.3 Å². The summed E-state index contributed by atoms with van der Waals surface area (Å²) in [4.78, 5) is 12.5. The van der Waals surface area contributed by atoms with Crippen LogP contribution in [0, 0.1) is 11.8 Å². The van der Waals surface area contributed by atoms with Crippen LogP contribution in [-0.4, -0.2) is 32.7 Å². The largest absolute Gasteiger partial charge is 0.330 e. The maximum Gasteiger partial charge on any atom is 0.227 e. The maximum atomic E-state index is 12.5. The highest BCUT2D eigenvalue weighted by atomic mass is 16.1. The molecule has 1 saturated carbocycles. The summed E-state index contributed by atoms with van der Waals surface area (Å²) in [7, 11) is 0. The van der Waals surface area contributed by atoms with Crippen molar-refractivity contribution in [1.29, 1.82) is 0 Å². The molecule has 7 nitrogen and oxygen atoms in total. The van der Waals surface area contributed by atoms with Gasteiger partial charge >= 0.3 is 0 Å². The number of rotatable bonds is 4. The molecule has 0 spiro atoms. The Balaban J connectivity index is 1.81. The Hall–Kier alpha value is -2.28. The van der Waals surface area contributed by atoms with Gasteiger partial charge in [0.25, 0.3) is 0 Å². The topological polar surface area (TPSA) is 98.7 Å². The number of hydrogen-bond acceptors (Lipinski definition) is 5. The first kappa shape index (κ1) is 13.7. The number of aromatic nitrogens is 4. The second-order valence-corrected chi connectivity index (χ2v) is 5.29. The lowest BCUT2D eigenvalue weighted by atomic mass is 9.95. The highest BCUT2D eigenvalue weighted by molar-refractivity contribution is 5.94. The van der Waals surface area contributed by atoms with Crippen molar-refractivity contribution in [2.75, 3.05) is 11.9 Å². The summed E-state index contributed by atoms with van der Waals surface area (Å²) in [6.45, 7) is 0.562. The highest BCUT2D eigenvalue weighted by Gasteiger charge is 2.32. The number of amides is 1. The Kier molecular flexibility index (Phi) is 3.92.